The van der Waals surface area contributed by atoms with Crippen LogP contribution in [-0.4, -0.2) is 75.4 Å². The predicted octanol–water partition coefficient (Wildman–Crippen LogP) is 5.37. The van der Waals surface area contributed by atoms with E-state index in [1.165, 1.54) is 20.0 Å². The number of fused-ring (bicyclic) bond motifs is 1. The van der Waals surface area contributed by atoms with Gasteiger partial charge in [0, 0.05) is 53.8 Å². The van der Waals surface area contributed by atoms with Crippen LogP contribution in [0, 0.1) is 19.3 Å². The molecule has 2 aliphatic heterocycles. The maximum Gasteiger partial charge on any atom is 0.306 e. The highest BCUT2D eigenvalue weighted by Gasteiger charge is 2.45. The van der Waals surface area contributed by atoms with Gasteiger partial charge in [-0.15, -0.1) is 0 Å². The molecule has 2 saturated heterocycles. The number of aromatic nitrogens is 4. The zero-order chi connectivity index (χ0) is 27.9. The summed E-state index contributed by atoms with van der Waals surface area (Å²) in [6.07, 6.45) is 4.71. The second-order valence-electron chi connectivity index (χ2n) is 11.7. The summed E-state index contributed by atoms with van der Waals surface area (Å²) in [6, 6.07) is 14.8. The van der Waals surface area contributed by atoms with Gasteiger partial charge in [-0.3, -0.25) is 9.69 Å². The number of likely N-dealkylation sites (tertiary alicyclic amines) is 2. The van der Waals surface area contributed by atoms with Gasteiger partial charge in [-0.05, 0) is 93.2 Å². The number of ether oxygens (including phenoxy) is 1. The quantitative estimate of drug-likeness (QED) is 0.272. The fourth-order valence-electron chi connectivity index (χ4n) is 6.55. The van der Waals surface area contributed by atoms with E-state index in [2.05, 4.69) is 85.2 Å². The van der Waals surface area contributed by atoms with Gasteiger partial charge in [0.25, 0.3) is 0 Å². The Morgan fingerprint density at radius 1 is 1.10 bits per heavy atom. The molecule has 2 aliphatic rings. The molecule has 0 saturated carbocycles. The van der Waals surface area contributed by atoms with Gasteiger partial charge in [-0.1, -0.05) is 15.9 Å². The van der Waals surface area contributed by atoms with Crippen LogP contribution in [-0.2, 0) is 16.1 Å². The number of carbonyl (C=O) groups excluding carboxylic acids is 1. The van der Waals surface area contributed by atoms with Gasteiger partial charge in [-0.2, -0.15) is 5.10 Å². The molecule has 1 N–H and O–H groups in total. The summed E-state index contributed by atoms with van der Waals surface area (Å²) in [7, 11) is 1.47. The van der Waals surface area contributed by atoms with Gasteiger partial charge in [-0.25, -0.2) is 9.67 Å². The Balaban J connectivity index is 1.09. The number of carbonyl (C=O) groups is 1. The van der Waals surface area contributed by atoms with E-state index < -0.39 is 0 Å². The molecule has 0 bridgehead atoms. The van der Waals surface area contributed by atoms with E-state index >= 15 is 0 Å². The third-order valence-corrected chi connectivity index (χ3v) is 9.10. The molecule has 9 heteroatoms. The van der Waals surface area contributed by atoms with Gasteiger partial charge in [0.05, 0.1) is 30.6 Å². The Labute approximate surface area is 243 Å². The van der Waals surface area contributed by atoms with E-state index in [-0.39, 0.29) is 11.9 Å². The summed E-state index contributed by atoms with van der Waals surface area (Å²) in [6.45, 7) is 10.2. The Bertz CT molecular complexity index is 1510. The van der Waals surface area contributed by atoms with Crippen molar-refractivity contribution in [3.05, 3.63) is 75.8 Å². The van der Waals surface area contributed by atoms with E-state index in [9.17, 15) is 4.79 Å². The van der Waals surface area contributed by atoms with Crippen molar-refractivity contribution in [2.45, 2.75) is 45.6 Å². The van der Waals surface area contributed by atoms with Crippen molar-refractivity contribution in [2.75, 3.05) is 39.8 Å². The molecule has 2 fully saturated rings. The van der Waals surface area contributed by atoms with Crippen molar-refractivity contribution >= 4 is 32.9 Å². The Morgan fingerprint density at radius 2 is 1.90 bits per heavy atom. The number of esters is 1. The minimum atomic E-state index is -0.174. The van der Waals surface area contributed by atoms with Crippen LogP contribution in [0.1, 0.15) is 47.8 Å². The molecule has 0 aliphatic carbocycles. The number of hydrogen-bond donors (Lipinski definition) is 1. The fraction of sp³-hybridized carbons (Fsp3) is 0.452. The molecule has 5 heterocycles. The van der Waals surface area contributed by atoms with Crippen LogP contribution >= 0.6 is 15.9 Å². The molecule has 1 spiro atoms. The standard InChI is InChI=1S/C31H37BrN6O2/c1-21-12-22(2)38(35-21)28-14-24(13-26(32)16-28)25(15-29(39)40-3)17-37-19-31(20-37)7-10-36(11-8-31)18-27-5-4-23-6-9-33-30(23)34-27/h4-6,9,12-14,16,25H,7-8,10-11,15,17-20H2,1-3H3,(H,33,34)/t25-/m1/s1. The number of rotatable bonds is 8. The van der Waals surface area contributed by atoms with Crippen LogP contribution in [0.5, 0.6) is 0 Å². The molecule has 6 rings (SSSR count). The largest absolute Gasteiger partial charge is 0.469 e. The summed E-state index contributed by atoms with van der Waals surface area (Å²) in [5, 5.41) is 5.83. The maximum absolute atomic E-state index is 12.4. The number of piperidine rings is 1. The van der Waals surface area contributed by atoms with Crippen LogP contribution in [0.2, 0.25) is 0 Å². The van der Waals surface area contributed by atoms with Gasteiger partial charge < -0.3 is 14.6 Å². The molecule has 3 aromatic heterocycles. The number of pyridine rings is 1. The molecule has 40 heavy (non-hydrogen) atoms. The lowest BCUT2D eigenvalue weighted by atomic mass is 9.71. The molecule has 8 nitrogen and oxygen atoms in total. The number of hydrogen-bond acceptors (Lipinski definition) is 6. The third kappa shape index (κ3) is 5.73. The zero-order valence-electron chi connectivity index (χ0n) is 23.5. The zero-order valence-corrected chi connectivity index (χ0v) is 25.1. The van der Waals surface area contributed by atoms with Crippen molar-refractivity contribution in [1.82, 2.24) is 29.5 Å². The molecule has 0 unspecified atom stereocenters. The third-order valence-electron chi connectivity index (χ3n) is 8.64. The van der Waals surface area contributed by atoms with Crippen LogP contribution in [0.3, 0.4) is 0 Å². The first-order chi connectivity index (χ1) is 19.3. The van der Waals surface area contributed by atoms with Crippen LogP contribution < -0.4 is 0 Å². The van der Waals surface area contributed by atoms with Gasteiger partial charge >= 0.3 is 5.97 Å². The topological polar surface area (TPSA) is 79.3 Å². The molecule has 4 aromatic rings. The summed E-state index contributed by atoms with van der Waals surface area (Å²) in [4.78, 5) is 25.5. The highest BCUT2D eigenvalue weighted by atomic mass is 79.9. The summed E-state index contributed by atoms with van der Waals surface area (Å²) < 4.78 is 8.05. The second-order valence-corrected chi connectivity index (χ2v) is 12.6. The van der Waals surface area contributed by atoms with Crippen molar-refractivity contribution in [3.63, 3.8) is 0 Å². The van der Waals surface area contributed by atoms with Crippen molar-refractivity contribution in [2.24, 2.45) is 5.41 Å². The van der Waals surface area contributed by atoms with E-state index in [0.717, 1.165) is 83.1 Å². The van der Waals surface area contributed by atoms with Crippen molar-refractivity contribution in [1.29, 1.82) is 0 Å². The normalized spacial score (nSPS) is 18.2. The Kier molecular flexibility index (Phi) is 7.54. The second kappa shape index (κ2) is 11.1. The lowest BCUT2D eigenvalue weighted by Gasteiger charge is -2.55. The SMILES string of the molecule is COC(=O)C[C@H](CN1CC2(CCN(Cc3ccc4cc[nH]c4n3)CC2)C1)c1cc(Br)cc(-n2nc(C)cc2C)c1. The minimum Gasteiger partial charge on any atom is -0.469 e. The van der Waals surface area contributed by atoms with Gasteiger partial charge in [0.15, 0.2) is 0 Å². The number of H-pyrrole nitrogens is 1. The number of aromatic amines is 1. The van der Waals surface area contributed by atoms with Gasteiger partial charge in [0.2, 0.25) is 0 Å². The average molecular weight is 606 g/mol. The smallest absolute Gasteiger partial charge is 0.306 e. The Hall–Kier alpha value is -3.01. The molecule has 210 valence electrons. The first-order valence-corrected chi connectivity index (χ1v) is 14.9. The fourth-order valence-corrected chi connectivity index (χ4v) is 7.05. The van der Waals surface area contributed by atoms with E-state index in [1.54, 1.807) is 0 Å². The molecule has 1 atom stereocenters. The van der Waals surface area contributed by atoms with E-state index in [0.29, 0.717) is 11.8 Å². The molecular formula is C31H37BrN6O2. The van der Waals surface area contributed by atoms with E-state index in [4.69, 9.17) is 9.72 Å². The van der Waals surface area contributed by atoms with Crippen molar-refractivity contribution < 1.29 is 9.53 Å². The highest BCUT2D eigenvalue weighted by Crippen LogP contribution is 2.42. The predicted molar refractivity (Wildman–Crippen MR) is 160 cm³/mol. The molecule has 0 radical (unpaired) electrons. The number of nitrogens with one attached hydrogen (secondary N) is 1. The average Bonchev–Trinajstić information content (AvgIpc) is 3.52. The number of benzene rings is 1. The molecular weight excluding hydrogens is 568 g/mol. The van der Waals surface area contributed by atoms with Gasteiger partial charge in [0.1, 0.15) is 5.65 Å². The first-order valence-electron chi connectivity index (χ1n) is 14.1. The van der Waals surface area contributed by atoms with Crippen molar-refractivity contribution in [3.8, 4) is 5.69 Å². The van der Waals surface area contributed by atoms with E-state index in [1.807, 2.05) is 17.8 Å². The lowest BCUT2D eigenvalue weighted by molar-refractivity contribution is -0.141. The van der Waals surface area contributed by atoms with Crippen LogP contribution in [0.25, 0.3) is 16.7 Å². The summed E-state index contributed by atoms with van der Waals surface area (Å²) in [5.41, 5.74) is 6.68. The van der Waals surface area contributed by atoms with Crippen LogP contribution in [0.4, 0.5) is 0 Å². The Morgan fingerprint density at radius 3 is 2.62 bits per heavy atom. The number of nitrogens with zero attached hydrogens (tertiary/aromatic N) is 5. The maximum atomic E-state index is 12.4. The first kappa shape index (κ1) is 27.2. The van der Waals surface area contributed by atoms with Crippen LogP contribution in [0.15, 0.2) is 53.1 Å². The lowest BCUT2D eigenvalue weighted by Crippen LogP contribution is -2.60. The minimum absolute atomic E-state index is 0.0482. The summed E-state index contributed by atoms with van der Waals surface area (Å²) in [5.74, 6) is -0.126. The summed E-state index contributed by atoms with van der Waals surface area (Å²) >= 11 is 3.71. The highest BCUT2D eigenvalue weighted by molar-refractivity contribution is 9.10. The monoisotopic (exact) mass is 604 g/mol. The number of aryl methyl sites for hydroxylation is 2. The molecule has 1 aromatic carbocycles. The molecule has 0 amide bonds. The number of halogens is 1. The number of methoxy groups -OCH3 is 1.